The lowest BCUT2D eigenvalue weighted by atomic mass is 10.0. The van der Waals surface area contributed by atoms with Gasteiger partial charge in [0.05, 0.1) is 32.9 Å². The number of rotatable bonds is 7. The molecule has 0 radical (unpaired) electrons. The van der Waals surface area contributed by atoms with Crippen LogP contribution in [0.3, 0.4) is 0 Å². The molecular weight excluding hydrogens is 360 g/mol. The number of nitrogens with one attached hydrogen (secondary N) is 1. The third kappa shape index (κ3) is 3.84. The fourth-order valence-electron chi connectivity index (χ4n) is 3.12. The summed E-state index contributed by atoms with van der Waals surface area (Å²) >= 11 is 0. The molecule has 1 aliphatic heterocycles. The van der Waals surface area contributed by atoms with Gasteiger partial charge in [-0.1, -0.05) is 30.3 Å². The lowest BCUT2D eigenvalue weighted by Crippen LogP contribution is -2.31. The number of hydrogen-bond acceptors (Lipinski definition) is 6. The molecule has 1 amide bonds. The molecule has 0 aromatic heterocycles. The van der Waals surface area contributed by atoms with Crippen molar-refractivity contribution in [3.05, 3.63) is 59.8 Å². The van der Waals surface area contributed by atoms with Crippen LogP contribution in [0.1, 0.15) is 0 Å². The average Bonchev–Trinajstić information content (AvgIpc) is 3.04. The number of aliphatic hydroxyl groups excluding tert-OH is 1. The van der Waals surface area contributed by atoms with Crippen LogP contribution in [0, 0.1) is 0 Å². The maximum absolute atomic E-state index is 12.7. The first-order valence-corrected chi connectivity index (χ1v) is 8.81. The Morgan fingerprint density at radius 2 is 1.93 bits per heavy atom. The Balaban J connectivity index is 1.97. The quantitative estimate of drug-likeness (QED) is 0.713. The predicted octanol–water partition coefficient (Wildman–Crippen LogP) is 2.04. The molecule has 2 N–H and O–H groups in total. The second-order valence-corrected chi connectivity index (χ2v) is 6.20. The number of esters is 1. The van der Waals surface area contributed by atoms with Crippen LogP contribution in [-0.4, -0.2) is 55.8 Å². The van der Waals surface area contributed by atoms with Gasteiger partial charge in [-0.2, -0.15) is 0 Å². The number of aliphatic hydroxyl groups is 1. The Morgan fingerprint density at radius 1 is 1.18 bits per heavy atom. The van der Waals surface area contributed by atoms with Crippen molar-refractivity contribution in [2.75, 3.05) is 39.2 Å². The Labute approximate surface area is 163 Å². The summed E-state index contributed by atoms with van der Waals surface area (Å²) < 4.78 is 10.3. The highest BCUT2D eigenvalue weighted by Gasteiger charge is 2.34. The number of amides is 1. The van der Waals surface area contributed by atoms with Crippen molar-refractivity contribution in [2.45, 2.75) is 0 Å². The van der Waals surface area contributed by atoms with Crippen molar-refractivity contribution in [2.24, 2.45) is 0 Å². The summed E-state index contributed by atoms with van der Waals surface area (Å²) in [5.74, 6) is -0.238. The summed E-state index contributed by atoms with van der Waals surface area (Å²) in [4.78, 5) is 26.2. The van der Waals surface area contributed by atoms with Crippen molar-refractivity contribution in [1.82, 2.24) is 4.90 Å². The fraction of sp³-hybridized carbons (Fsp3) is 0.238. The number of β-amino-alcohol motifs (C(OH)–C–C–N with tert-alkyl or cyclic N) is 1. The molecule has 28 heavy (non-hydrogen) atoms. The molecule has 1 heterocycles. The molecule has 7 nitrogen and oxygen atoms in total. The van der Waals surface area contributed by atoms with Crippen LogP contribution in [0.5, 0.6) is 5.75 Å². The number of hydrogen-bond donors (Lipinski definition) is 2. The highest BCUT2D eigenvalue weighted by atomic mass is 16.5. The van der Waals surface area contributed by atoms with E-state index in [4.69, 9.17) is 14.6 Å². The molecule has 0 aliphatic carbocycles. The Kier molecular flexibility index (Phi) is 5.96. The van der Waals surface area contributed by atoms with Gasteiger partial charge in [0.1, 0.15) is 11.4 Å². The van der Waals surface area contributed by atoms with Gasteiger partial charge in [0, 0.05) is 17.8 Å². The second-order valence-electron chi connectivity index (χ2n) is 6.20. The number of carbonyl (C=O) groups excluding carboxylic acids is 2. The summed E-state index contributed by atoms with van der Waals surface area (Å²) in [6, 6.07) is 15.1. The minimum Gasteiger partial charge on any atom is -0.496 e. The van der Waals surface area contributed by atoms with Gasteiger partial charge in [0.15, 0.2) is 0 Å². The maximum Gasteiger partial charge on any atom is 0.337 e. The predicted molar refractivity (Wildman–Crippen MR) is 105 cm³/mol. The zero-order valence-corrected chi connectivity index (χ0v) is 15.8. The molecule has 146 valence electrons. The molecule has 0 bridgehead atoms. The number of nitrogens with zero attached hydrogens (tertiary/aromatic N) is 1. The Morgan fingerprint density at radius 3 is 2.57 bits per heavy atom. The first kappa shape index (κ1) is 19.4. The standard InChI is InChI=1S/C21H22N2O5/c1-27-18-9-8-15(12-16(18)14-6-4-3-5-7-14)22-19-17(21(26)28-2)13-23(10-11-24)20(19)25/h3-9,12,22,24H,10-11,13H2,1-2H3. The third-order valence-electron chi connectivity index (χ3n) is 4.51. The summed E-state index contributed by atoms with van der Waals surface area (Å²) in [6.45, 7) is 0.0483. The maximum atomic E-state index is 12.7. The average molecular weight is 382 g/mol. The molecule has 7 heteroatoms. The molecule has 0 saturated heterocycles. The van der Waals surface area contributed by atoms with Crippen molar-refractivity contribution in [1.29, 1.82) is 0 Å². The normalized spacial score (nSPS) is 13.7. The van der Waals surface area contributed by atoms with Gasteiger partial charge >= 0.3 is 5.97 Å². The van der Waals surface area contributed by atoms with Gasteiger partial charge in [-0.3, -0.25) is 4.79 Å². The molecule has 0 spiro atoms. The van der Waals surface area contributed by atoms with Crippen LogP contribution < -0.4 is 10.1 Å². The van der Waals surface area contributed by atoms with Crippen LogP contribution in [0.15, 0.2) is 59.8 Å². The van der Waals surface area contributed by atoms with E-state index in [0.717, 1.165) is 11.1 Å². The fourth-order valence-corrected chi connectivity index (χ4v) is 3.12. The van der Waals surface area contributed by atoms with E-state index in [1.165, 1.54) is 12.0 Å². The first-order chi connectivity index (χ1) is 13.6. The third-order valence-corrected chi connectivity index (χ3v) is 4.51. The first-order valence-electron chi connectivity index (χ1n) is 8.81. The summed E-state index contributed by atoms with van der Waals surface area (Å²) in [7, 11) is 2.87. The van der Waals surface area contributed by atoms with Crippen molar-refractivity contribution >= 4 is 17.6 Å². The van der Waals surface area contributed by atoms with E-state index in [-0.39, 0.29) is 36.9 Å². The minimum absolute atomic E-state index is 0.0934. The smallest absolute Gasteiger partial charge is 0.337 e. The molecule has 0 fully saturated rings. The molecule has 3 rings (SSSR count). The Hall–Kier alpha value is -3.32. The summed E-state index contributed by atoms with van der Waals surface area (Å²) in [5.41, 5.74) is 2.84. The molecule has 0 unspecified atom stereocenters. The van der Waals surface area contributed by atoms with Crippen molar-refractivity contribution in [3.63, 3.8) is 0 Å². The SMILES string of the molecule is COC(=O)C1=C(Nc2ccc(OC)c(-c3ccccc3)c2)C(=O)N(CCO)C1. The van der Waals surface area contributed by atoms with E-state index >= 15 is 0 Å². The minimum atomic E-state index is -0.576. The molecular formula is C21H22N2O5. The van der Waals surface area contributed by atoms with Crippen molar-refractivity contribution in [3.8, 4) is 16.9 Å². The summed E-state index contributed by atoms with van der Waals surface area (Å²) in [5, 5.41) is 12.2. The van der Waals surface area contributed by atoms with Crippen LogP contribution in [0.25, 0.3) is 11.1 Å². The number of anilines is 1. The monoisotopic (exact) mass is 382 g/mol. The van der Waals surface area contributed by atoms with E-state index in [1.807, 2.05) is 36.4 Å². The highest BCUT2D eigenvalue weighted by Crippen LogP contribution is 2.33. The van der Waals surface area contributed by atoms with E-state index in [0.29, 0.717) is 11.4 Å². The summed E-state index contributed by atoms with van der Waals surface area (Å²) in [6.07, 6.45) is 0. The Bertz CT molecular complexity index is 908. The zero-order valence-electron chi connectivity index (χ0n) is 15.8. The molecule has 0 saturated carbocycles. The number of benzene rings is 2. The lowest BCUT2D eigenvalue weighted by molar-refractivity contribution is -0.136. The largest absolute Gasteiger partial charge is 0.496 e. The molecule has 2 aromatic carbocycles. The number of ether oxygens (including phenoxy) is 2. The van der Waals surface area contributed by atoms with Crippen LogP contribution in [0.2, 0.25) is 0 Å². The van der Waals surface area contributed by atoms with E-state index in [1.54, 1.807) is 19.2 Å². The molecule has 2 aromatic rings. The second kappa shape index (κ2) is 8.58. The lowest BCUT2D eigenvalue weighted by Gasteiger charge is -2.16. The van der Waals surface area contributed by atoms with Gasteiger partial charge in [0.25, 0.3) is 5.91 Å². The topological polar surface area (TPSA) is 88.1 Å². The van der Waals surface area contributed by atoms with Crippen LogP contribution >= 0.6 is 0 Å². The highest BCUT2D eigenvalue weighted by molar-refractivity contribution is 6.08. The van der Waals surface area contributed by atoms with Gasteiger partial charge in [-0.15, -0.1) is 0 Å². The molecule has 0 atom stereocenters. The molecule has 1 aliphatic rings. The van der Waals surface area contributed by atoms with E-state index < -0.39 is 5.97 Å². The number of carbonyl (C=O) groups is 2. The van der Waals surface area contributed by atoms with Crippen molar-refractivity contribution < 1.29 is 24.2 Å². The van der Waals surface area contributed by atoms with Gasteiger partial charge in [-0.05, 0) is 23.8 Å². The van der Waals surface area contributed by atoms with E-state index in [2.05, 4.69) is 5.32 Å². The van der Waals surface area contributed by atoms with Gasteiger partial charge in [-0.25, -0.2) is 4.79 Å². The van der Waals surface area contributed by atoms with Gasteiger partial charge < -0.3 is 24.8 Å². The van der Waals surface area contributed by atoms with Crippen LogP contribution in [-0.2, 0) is 14.3 Å². The van der Waals surface area contributed by atoms with Crippen LogP contribution in [0.4, 0.5) is 5.69 Å². The van der Waals surface area contributed by atoms with E-state index in [9.17, 15) is 9.59 Å². The zero-order chi connectivity index (χ0) is 20.1. The number of methoxy groups -OCH3 is 2. The van der Waals surface area contributed by atoms with Gasteiger partial charge in [0.2, 0.25) is 0 Å².